The lowest BCUT2D eigenvalue weighted by Gasteiger charge is -2.45. The Labute approximate surface area is 300 Å². The van der Waals surface area contributed by atoms with E-state index in [0.29, 0.717) is 19.8 Å². The van der Waals surface area contributed by atoms with Crippen molar-refractivity contribution in [2.24, 2.45) is 0 Å². The van der Waals surface area contributed by atoms with Gasteiger partial charge in [0, 0.05) is 13.8 Å². The fraction of sp³-hybridized carbons (Fsp3) is 0.333. The molecule has 0 saturated carbocycles. The molecule has 1 heterocycles. The molecule has 0 unspecified atom stereocenters. The molecule has 0 aromatic heterocycles. The number of benzene rings is 4. The van der Waals surface area contributed by atoms with E-state index in [2.05, 4.69) is 0 Å². The van der Waals surface area contributed by atoms with Crippen LogP contribution in [0.3, 0.4) is 0 Å². The standard InChI is InChI=1S/C42H46O9/c1-31(43)46-29-37(50-32(2)44)23-24-38-40(47-26-34-17-9-4-10-18-34)42(49-28-36-21-13-6-14-22-36)41(48-27-35-19-11-5-12-20-35)39(51-38)30-45-25-33-15-7-3-8-16-33/h3-24,37-42H,25-30H2,1-2H3/b24-23+/t37-,38+,39+,40-,41-,42+/m0/s1. The van der Waals surface area contributed by atoms with Gasteiger partial charge in [0.1, 0.15) is 37.1 Å². The maximum absolute atomic E-state index is 12.0. The highest BCUT2D eigenvalue weighted by Gasteiger charge is 2.47. The van der Waals surface area contributed by atoms with Gasteiger partial charge < -0.3 is 33.2 Å². The van der Waals surface area contributed by atoms with Crippen molar-refractivity contribution >= 4 is 11.9 Å². The first-order chi connectivity index (χ1) is 24.9. The molecule has 0 bridgehead atoms. The molecule has 0 N–H and O–H groups in total. The van der Waals surface area contributed by atoms with E-state index in [-0.39, 0.29) is 19.8 Å². The van der Waals surface area contributed by atoms with Crippen LogP contribution in [0.1, 0.15) is 36.1 Å². The van der Waals surface area contributed by atoms with Gasteiger partial charge in [-0.3, -0.25) is 9.59 Å². The molecular weight excluding hydrogens is 648 g/mol. The Hall–Kier alpha value is -4.64. The first kappa shape index (κ1) is 37.6. The van der Waals surface area contributed by atoms with Crippen LogP contribution in [0.4, 0.5) is 0 Å². The van der Waals surface area contributed by atoms with Gasteiger partial charge in [0.15, 0.2) is 6.10 Å². The molecule has 6 atom stereocenters. The summed E-state index contributed by atoms with van der Waals surface area (Å²) in [5.41, 5.74) is 4.00. The molecule has 0 aliphatic carbocycles. The van der Waals surface area contributed by atoms with Crippen LogP contribution in [-0.2, 0) is 69.2 Å². The summed E-state index contributed by atoms with van der Waals surface area (Å²) in [6.45, 7) is 3.95. The molecule has 4 aromatic rings. The number of ether oxygens (including phenoxy) is 7. The fourth-order valence-electron chi connectivity index (χ4n) is 5.75. The van der Waals surface area contributed by atoms with Crippen LogP contribution < -0.4 is 0 Å². The number of esters is 2. The zero-order chi connectivity index (χ0) is 35.7. The normalized spacial score (nSPS) is 20.9. The molecule has 5 rings (SSSR count). The molecule has 268 valence electrons. The minimum atomic E-state index is -0.840. The highest BCUT2D eigenvalue weighted by Crippen LogP contribution is 2.32. The maximum atomic E-state index is 12.0. The third kappa shape index (κ3) is 12.6. The van der Waals surface area contributed by atoms with E-state index in [0.717, 1.165) is 22.3 Å². The SMILES string of the molecule is CC(=O)OC[C@H](/C=C/[C@H]1O[C@H](COCc2ccccc2)[C@H](OCc2ccccc2)[C@H](OCc2ccccc2)[C@H]1OCc1ccccc1)OC(C)=O. The minimum Gasteiger partial charge on any atom is -0.462 e. The smallest absolute Gasteiger partial charge is 0.303 e. The van der Waals surface area contributed by atoms with Gasteiger partial charge in [-0.15, -0.1) is 0 Å². The van der Waals surface area contributed by atoms with Gasteiger partial charge in [-0.25, -0.2) is 0 Å². The molecular formula is C42H46O9. The molecule has 4 aromatic carbocycles. The maximum Gasteiger partial charge on any atom is 0.303 e. The summed E-state index contributed by atoms with van der Waals surface area (Å²) >= 11 is 0. The summed E-state index contributed by atoms with van der Waals surface area (Å²) in [5, 5.41) is 0. The quantitative estimate of drug-likeness (QED) is 0.0825. The van der Waals surface area contributed by atoms with Gasteiger partial charge in [-0.1, -0.05) is 127 Å². The second kappa shape index (κ2) is 20.3. The van der Waals surface area contributed by atoms with E-state index >= 15 is 0 Å². The summed E-state index contributed by atoms with van der Waals surface area (Å²) in [6.07, 6.45) is -0.543. The molecule has 0 radical (unpaired) electrons. The summed E-state index contributed by atoms with van der Waals surface area (Å²) in [4.78, 5) is 23.6. The summed E-state index contributed by atoms with van der Waals surface area (Å²) in [6, 6.07) is 39.7. The number of hydrogen-bond donors (Lipinski definition) is 0. The largest absolute Gasteiger partial charge is 0.462 e. The van der Waals surface area contributed by atoms with Crippen LogP contribution in [0, 0.1) is 0 Å². The Morgan fingerprint density at radius 3 is 1.53 bits per heavy atom. The van der Waals surface area contributed by atoms with E-state index in [1.807, 2.05) is 121 Å². The minimum absolute atomic E-state index is 0.145. The lowest BCUT2D eigenvalue weighted by molar-refractivity contribution is -0.263. The van der Waals surface area contributed by atoms with Gasteiger partial charge in [-0.2, -0.15) is 0 Å². The number of rotatable bonds is 18. The Bertz CT molecular complexity index is 1620. The predicted molar refractivity (Wildman–Crippen MR) is 191 cm³/mol. The van der Waals surface area contributed by atoms with E-state index in [9.17, 15) is 9.59 Å². The van der Waals surface area contributed by atoms with Crippen LogP contribution in [-0.4, -0.2) is 61.8 Å². The zero-order valence-electron chi connectivity index (χ0n) is 29.1. The van der Waals surface area contributed by atoms with E-state index in [1.54, 1.807) is 12.2 Å². The Morgan fingerprint density at radius 1 is 0.608 bits per heavy atom. The van der Waals surface area contributed by atoms with Gasteiger partial charge in [0.05, 0.1) is 33.0 Å². The summed E-state index contributed by atoms with van der Waals surface area (Å²) < 4.78 is 43.9. The highest BCUT2D eigenvalue weighted by molar-refractivity contribution is 5.67. The average Bonchev–Trinajstić information content (AvgIpc) is 3.15. The van der Waals surface area contributed by atoms with Crippen LogP contribution >= 0.6 is 0 Å². The fourth-order valence-corrected chi connectivity index (χ4v) is 5.75. The molecule has 9 heteroatoms. The first-order valence-corrected chi connectivity index (χ1v) is 17.2. The van der Waals surface area contributed by atoms with Crippen molar-refractivity contribution in [2.75, 3.05) is 13.2 Å². The van der Waals surface area contributed by atoms with Crippen molar-refractivity contribution in [2.45, 2.75) is 76.9 Å². The van der Waals surface area contributed by atoms with Crippen molar-refractivity contribution in [1.29, 1.82) is 0 Å². The third-order valence-corrected chi connectivity index (χ3v) is 8.20. The van der Waals surface area contributed by atoms with Crippen molar-refractivity contribution in [3.8, 4) is 0 Å². The lowest BCUT2D eigenvalue weighted by Crippen LogP contribution is -2.60. The van der Waals surface area contributed by atoms with Crippen LogP contribution in [0.25, 0.3) is 0 Å². The molecule has 1 saturated heterocycles. The molecule has 0 amide bonds. The second-order valence-electron chi connectivity index (χ2n) is 12.3. The summed E-state index contributed by atoms with van der Waals surface area (Å²) in [5.74, 6) is -0.995. The summed E-state index contributed by atoms with van der Waals surface area (Å²) in [7, 11) is 0. The van der Waals surface area contributed by atoms with E-state index in [1.165, 1.54) is 13.8 Å². The molecule has 51 heavy (non-hydrogen) atoms. The van der Waals surface area contributed by atoms with Crippen molar-refractivity contribution in [3.63, 3.8) is 0 Å². The molecule has 9 nitrogen and oxygen atoms in total. The topological polar surface area (TPSA) is 98.8 Å². The Kier molecular flexibility index (Phi) is 14.9. The zero-order valence-corrected chi connectivity index (χ0v) is 29.1. The van der Waals surface area contributed by atoms with E-state index in [4.69, 9.17) is 33.2 Å². The Morgan fingerprint density at radius 2 is 1.06 bits per heavy atom. The molecule has 1 fully saturated rings. The number of carbonyl (C=O) groups is 2. The number of carbonyl (C=O) groups excluding carboxylic acids is 2. The van der Waals surface area contributed by atoms with Crippen LogP contribution in [0.2, 0.25) is 0 Å². The van der Waals surface area contributed by atoms with Crippen molar-refractivity contribution in [1.82, 2.24) is 0 Å². The van der Waals surface area contributed by atoms with Crippen LogP contribution in [0.15, 0.2) is 133 Å². The van der Waals surface area contributed by atoms with Gasteiger partial charge >= 0.3 is 11.9 Å². The second-order valence-corrected chi connectivity index (χ2v) is 12.3. The van der Waals surface area contributed by atoms with E-state index < -0.39 is 48.6 Å². The predicted octanol–water partition coefficient (Wildman–Crippen LogP) is 6.78. The first-order valence-electron chi connectivity index (χ1n) is 17.2. The van der Waals surface area contributed by atoms with Gasteiger partial charge in [0.25, 0.3) is 0 Å². The van der Waals surface area contributed by atoms with Gasteiger partial charge in [0.2, 0.25) is 0 Å². The molecule has 1 aliphatic rings. The number of hydrogen-bond acceptors (Lipinski definition) is 9. The average molecular weight is 695 g/mol. The van der Waals surface area contributed by atoms with Gasteiger partial charge in [-0.05, 0) is 28.3 Å². The highest BCUT2D eigenvalue weighted by atomic mass is 16.6. The lowest BCUT2D eigenvalue weighted by atomic mass is 9.93. The third-order valence-electron chi connectivity index (χ3n) is 8.20. The molecule has 0 spiro atoms. The molecule has 1 aliphatic heterocycles. The Balaban J connectivity index is 1.48. The monoisotopic (exact) mass is 694 g/mol. The van der Waals surface area contributed by atoms with Crippen LogP contribution in [0.5, 0.6) is 0 Å². The van der Waals surface area contributed by atoms with Crippen molar-refractivity contribution < 1.29 is 42.7 Å². The van der Waals surface area contributed by atoms with Crippen molar-refractivity contribution in [3.05, 3.63) is 156 Å².